The van der Waals surface area contributed by atoms with Crippen molar-refractivity contribution in [2.24, 2.45) is 5.73 Å². The predicted octanol–water partition coefficient (Wildman–Crippen LogP) is 1.70. The number of anilines is 1. The van der Waals surface area contributed by atoms with E-state index >= 15 is 0 Å². The maximum absolute atomic E-state index is 11.7. The van der Waals surface area contributed by atoms with Crippen LogP contribution in [-0.2, 0) is 9.53 Å². The quantitative estimate of drug-likeness (QED) is 0.897. The molecule has 23 heavy (non-hydrogen) atoms. The van der Waals surface area contributed by atoms with Crippen LogP contribution in [0.1, 0.15) is 31.2 Å². The number of carbonyl (C=O) groups excluding carboxylic acids is 2. The first-order valence-electron chi connectivity index (χ1n) is 8.14. The van der Waals surface area contributed by atoms with Gasteiger partial charge in [0.05, 0.1) is 12.5 Å². The highest BCUT2D eigenvalue weighted by Gasteiger charge is 2.32. The van der Waals surface area contributed by atoms with Crippen LogP contribution in [0.25, 0.3) is 0 Å². The van der Waals surface area contributed by atoms with E-state index in [9.17, 15) is 9.59 Å². The van der Waals surface area contributed by atoms with Crippen molar-refractivity contribution < 1.29 is 14.3 Å². The lowest BCUT2D eigenvalue weighted by atomic mass is 9.85. The molecular formula is C17H23N3O3. The summed E-state index contributed by atoms with van der Waals surface area (Å²) in [7, 11) is 0. The Hall–Kier alpha value is -2.24. The molecule has 2 unspecified atom stereocenters. The zero-order valence-electron chi connectivity index (χ0n) is 13.4. The number of amides is 2. The standard InChI is InChI=1S/C17H23N3O3/c1-12-11-14(16(18)21)13-5-2-3-6-15(13)20(12)8-4-7-19-9-10-23-17(19)22/h2-3,5-6,12,14H,4,7-11H2,1H3,(H2,18,21). The number of para-hydroxylation sites is 1. The third kappa shape index (κ3) is 3.11. The number of hydrogen-bond acceptors (Lipinski definition) is 4. The number of fused-ring (bicyclic) bond motifs is 1. The van der Waals surface area contributed by atoms with Gasteiger partial charge in [-0.1, -0.05) is 18.2 Å². The van der Waals surface area contributed by atoms with Crippen LogP contribution in [0.4, 0.5) is 10.5 Å². The molecule has 3 rings (SSSR count). The molecule has 2 aliphatic rings. The fraction of sp³-hybridized carbons (Fsp3) is 0.529. The predicted molar refractivity (Wildman–Crippen MR) is 87.3 cm³/mol. The van der Waals surface area contributed by atoms with E-state index in [1.165, 1.54) is 0 Å². The van der Waals surface area contributed by atoms with E-state index in [1.54, 1.807) is 4.90 Å². The molecule has 0 radical (unpaired) electrons. The molecule has 2 N–H and O–H groups in total. The number of nitrogens with two attached hydrogens (primary N) is 1. The molecule has 2 atom stereocenters. The lowest BCUT2D eigenvalue weighted by molar-refractivity contribution is -0.119. The maximum atomic E-state index is 11.7. The lowest BCUT2D eigenvalue weighted by Crippen LogP contribution is -2.43. The van der Waals surface area contributed by atoms with Crippen molar-refractivity contribution in [1.29, 1.82) is 0 Å². The molecule has 1 saturated heterocycles. The van der Waals surface area contributed by atoms with E-state index in [-0.39, 0.29) is 24.0 Å². The van der Waals surface area contributed by atoms with Gasteiger partial charge in [0, 0.05) is 24.8 Å². The number of ether oxygens (including phenoxy) is 1. The first-order valence-corrected chi connectivity index (χ1v) is 8.14. The Kier molecular flexibility index (Phi) is 4.41. The molecule has 1 aromatic rings. The van der Waals surface area contributed by atoms with Gasteiger partial charge in [-0.05, 0) is 31.4 Å². The van der Waals surface area contributed by atoms with Gasteiger partial charge in [-0.15, -0.1) is 0 Å². The summed E-state index contributed by atoms with van der Waals surface area (Å²) in [4.78, 5) is 27.3. The van der Waals surface area contributed by atoms with E-state index in [0.29, 0.717) is 19.7 Å². The van der Waals surface area contributed by atoms with Gasteiger partial charge in [0.1, 0.15) is 6.61 Å². The third-order valence-corrected chi connectivity index (χ3v) is 4.75. The summed E-state index contributed by atoms with van der Waals surface area (Å²) in [5, 5.41) is 0. The van der Waals surface area contributed by atoms with Crippen LogP contribution in [-0.4, -0.2) is 49.2 Å². The summed E-state index contributed by atoms with van der Waals surface area (Å²) < 4.78 is 4.95. The van der Waals surface area contributed by atoms with Crippen LogP contribution in [0.5, 0.6) is 0 Å². The van der Waals surface area contributed by atoms with Gasteiger partial charge in [-0.25, -0.2) is 4.79 Å². The van der Waals surface area contributed by atoms with Gasteiger partial charge in [-0.3, -0.25) is 4.79 Å². The minimum absolute atomic E-state index is 0.217. The average Bonchev–Trinajstić information content (AvgIpc) is 2.94. The molecular weight excluding hydrogens is 294 g/mol. The average molecular weight is 317 g/mol. The van der Waals surface area contributed by atoms with Gasteiger partial charge in [0.2, 0.25) is 5.91 Å². The molecule has 0 bridgehead atoms. The number of carbonyl (C=O) groups is 2. The molecule has 6 heteroatoms. The highest BCUT2D eigenvalue weighted by Crippen LogP contribution is 2.38. The van der Waals surface area contributed by atoms with E-state index < -0.39 is 0 Å². The summed E-state index contributed by atoms with van der Waals surface area (Å²) in [5.74, 6) is -0.477. The second kappa shape index (κ2) is 6.48. The normalized spacial score (nSPS) is 23.6. The van der Waals surface area contributed by atoms with Crippen LogP contribution < -0.4 is 10.6 Å². The number of hydrogen-bond donors (Lipinski definition) is 1. The highest BCUT2D eigenvalue weighted by atomic mass is 16.6. The number of nitrogens with zero attached hydrogens (tertiary/aromatic N) is 2. The first kappa shape index (κ1) is 15.6. The van der Waals surface area contributed by atoms with Crippen molar-refractivity contribution in [3.63, 3.8) is 0 Å². The van der Waals surface area contributed by atoms with Crippen LogP contribution in [0, 0.1) is 0 Å². The van der Waals surface area contributed by atoms with Gasteiger partial charge in [0.15, 0.2) is 0 Å². The van der Waals surface area contributed by atoms with Gasteiger partial charge < -0.3 is 20.3 Å². The topological polar surface area (TPSA) is 75.9 Å². The molecule has 1 fully saturated rings. The summed E-state index contributed by atoms with van der Waals surface area (Å²) in [6, 6.07) is 8.21. The largest absolute Gasteiger partial charge is 0.448 e. The van der Waals surface area contributed by atoms with Crippen LogP contribution in [0.3, 0.4) is 0 Å². The van der Waals surface area contributed by atoms with E-state index in [4.69, 9.17) is 10.5 Å². The van der Waals surface area contributed by atoms with Crippen LogP contribution in [0.2, 0.25) is 0 Å². The second-order valence-corrected chi connectivity index (χ2v) is 6.25. The maximum Gasteiger partial charge on any atom is 0.409 e. The molecule has 2 amide bonds. The van der Waals surface area contributed by atoms with Gasteiger partial charge >= 0.3 is 6.09 Å². The Morgan fingerprint density at radius 1 is 1.35 bits per heavy atom. The van der Waals surface area contributed by atoms with Crippen molar-refractivity contribution in [3.05, 3.63) is 29.8 Å². The number of cyclic esters (lactones) is 1. The van der Waals surface area contributed by atoms with Crippen LogP contribution in [0.15, 0.2) is 24.3 Å². The van der Waals surface area contributed by atoms with Gasteiger partial charge in [0.25, 0.3) is 0 Å². The molecule has 2 aliphatic heterocycles. The number of rotatable bonds is 5. The van der Waals surface area contributed by atoms with Crippen molar-refractivity contribution in [1.82, 2.24) is 4.90 Å². The van der Waals surface area contributed by atoms with E-state index in [2.05, 4.69) is 11.8 Å². The Morgan fingerprint density at radius 2 is 2.13 bits per heavy atom. The number of benzene rings is 1. The summed E-state index contributed by atoms with van der Waals surface area (Å²) >= 11 is 0. The molecule has 0 spiro atoms. The lowest BCUT2D eigenvalue weighted by Gasteiger charge is -2.40. The monoisotopic (exact) mass is 317 g/mol. The second-order valence-electron chi connectivity index (χ2n) is 6.25. The van der Waals surface area contributed by atoms with E-state index in [0.717, 1.165) is 30.6 Å². The molecule has 0 aliphatic carbocycles. The summed E-state index contributed by atoms with van der Waals surface area (Å²) in [6.45, 7) is 4.82. The minimum Gasteiger partial charge on any atom is -0.448 e. The van der Waals surface area contributed by atoms with E-state index in [1.807, 2.05) is 24.3 Å². The molecule has 0 saturated carbocycles. The number of primary amides is 1. The SMILES string of the molecule is CC1CC(C(N)=O)c2ccccc2N1CCCN1CCOC1=O. The molecule has 124 valence electrons. The van der Waals surface area contributed by atoms with Gasteiger partial charge in [-0.2, -0.15) is 0 Å². The smallest absolute Gasteiger partial charge is 0.409 e. The molecule has 0 aromatic heterocycles. The van der Waals surface area contributed by atoms with Crippen molar-refractivity contribution in [2.45, 2.75) is 31.7 Å². The fourth-order valence-electron chi connectivity index (χ4n) is 3.55. The first-order chi connectivity index (χ1) is 11.1. The molecule has 1 aromatic carbocycles. The summed E-state index contributed by atoms with van der Waals surface area (Å²) in [6.07, 6.45) is 1.39. The Balaban J connectivity index is 1.70. The molecule has 2 heterocycles. The minimum atomic E-state index is -0.260. The van der Waals surface area contributed by atoms with Crippen molar-refractivity contribution >= 4 is 17.7 Å². The van der Waals surface area contributed by atoms with Crippen molar-refractivity contribution in [3.8, 4) is 0 Å². The summed E-state index contributed by atoms with van der Waals surface area (Å²) in [5.41, 5.74) is 7.67. The zero-order chi connectivity index (χ0) is 16.4. The Morgan fingerprint density at radius 3 is 2.83 bits per heavy atom. The third-order valence-electron chi connectivity index (χ3n) is 4.75. The Labute approximate surface area is 136 Å². The van der Waals surface area contributed by atoms with Crippen LogP contribution >= 0.6 is 0 Å². The Bertz CT molecular complexity index is 605. The fourth-order valence-corrected chi connectivity index (χ4v) is 3.55. The van der Waals surface area contributed by atoms with Crippen molar-refractivity contribution in [2.75, 3.05) is 31.1 Å². The highest BCUT2D eigenvalue weighted by molar-refractivity contribution is 5.85. The zero-order valence-corrected chi connectivity index (χ0v) is 13.4. The molecule has 6 nitrogen and oxygen atoms in total.